The van der Waals surface area contributed by atoms with Gasteiger partial charge in [0.2, 0.25) is 5.91 Å². The molecule has 3 rings (SSSR count). The van der Waals surface area contributed by atoms with Gasteiger partial charge in [-0.15, -0.1) is 11.3 Å². The third-order valence-electron chi connectivity index (χ3n) is 3.40. The van der Waals surface area contributed by atoms with E-state index in [1.807, 2.05) is 35.8 Å². The summed E-state index contributed by atoms with van der Waals surface area (Å²) >= 11 is 1.68. The first-order valence-electron chi connectivity index (χ1n) is 7.30. The number of imidazole rings is 1. The molecule has 0 saturated carbocycles. The van der Waals surface area contributed by atoms with Crippen molar-refractivity contribution in [2.75, 3.05) is 6.54 Å². The van der Waals surface area contributed by atoms with Gasteiger partial charge >= 0.3 is 0 Å². The Morgan fingerprint density at radius 2 is 2.23 bits per heavy atom. The minimum absolute atomic E-state index is 0.0125. The lowest BCUT2D eigenvalue weighted by atomic mass is 10.3. The minimum Gasteiger partial charge on any atom is -0.355 e. The molecule has 0 unspecified atom stereocenters. The number of rotatable bonds is 6. The molecule has 1 aromatic carbocycles. The van der Waals surface area contributed by atoms with Crippen LogP contribution in [0.5, 0.6) is 0 Å². The molecule has 1 amide bonds. The second-order valence-corrected chi connectivity index (χ2v) is 6.14. The molecule has 0 radical (unpaired) electrons. The normalized spacial score (nSPS) is 11.0. The van der Waals surface area contributed by atoms with Crippen LogP contribution < -0.4 is 5.32 Å². The van der Waals surface area contributed by atoms with Gasteiger partial charge in [0, 0.05) is 24.0 Å². The summed E-state index contributed by atoms with van der Waals surface area (Å²) in [6, 6.07) is 7.81. The van der Waals surface area contributed by atoms with Crippen LogP contribution in [0, 0.1) is 6.92 Å². The van der Waals surface area contributed by atoms with E-state index in [1.165, 1.54) is 0 Å². The second kappa shape index (κ2) is 6.70. The quantitative estimate of drug-likeness (QED) is 0.711. The van der Waals surface area contributed by atoms with Gasteiger partial charge in [0.1, 0.15) is 6.54 Å². The van der Waals surface area contributed by atoms with Crippen molar-refractivity contribution >= 4 is 28.3 Å². The first kappa shape index (κ1) is 14.7. The largest absolute Gasteiger partial charge is 0.355 e. The first-order chi connectivity index (χ1) is 10.7. The van der Waals surface area contributed by atoms with E-state index >= 15 is 0 Å². The van der Waals surface area contributed by atoms with Gasteiger partial charge in [-0.1, -0.05) is 12.1 Å². The number of nitrogens with one attached hydrogen (secondary N) is 1. The lowest BCUT2D eigenvalue weighted by Gasteiger charge is -2.06. The molecule has 3 aromatic rings. The molecule has 0 bridgehead atoms. The Morgan fingerprint density at radius 3 is 3.05 bits per heavy atom. The maximum Gasteiger partial charge on any atom is 0.239 e. The molecule has 0 fully saturated rings. The fourth-order valence-corrected chi connectivity index (χ4v) is 3.15. The van der Waals surface area contributed by atoms with Gasteiger partial charge in [0.15, 0.2) is 0 Å². The number of aryl methyl sites for hydroxylation is 2. The van der Waals surface area contributed by atoms with Crippen molar-refractivity contribution in [2.45, 2.75) is 26.3 Å². The lowest BCUT2D eigenvalue weighted by Crippen LogP contribution is -2.28. The van der Waals surface area contributed by atoms with E-state index in [0.29, 0.717) is 13.1 Å². The first-order valence-corrected chi connectivity index (χ1v) is 8.18. The van der Waals surface area contributed by atoms with E-state index in [4.69, 9.17) is 0 Å². The second-order valence-electron chi connectivity index (χ2n) is 5.20. The molecule has 0 spiro atoms. The van der Waals surface area contributed by atoms with Crippen molar-refractivity contribution in [3.05, 3.63) is 46.7 Å². The molecule has 0 atom stereocenters. The number of nitrogens with zero attached hydrogens (tertiary/aromatic N) is 3. The molecule has 0 saturated heterocycles. The zero-order valence-electron chi connectivity index (χ0n) is 12.5. The fraction of sp³-hybridized carbons (Fsp3) is 0.312. The fourth-order valence-electron chi connectivity index (χ4n) is 2.33. The Labute approximate surface area is 133 Å². The topological polar surface area (TPSA) is 59.8 Å². The number of thiazole rings is 1. The number of carbonyl (C=O) groups excluding carboxylic acids is 1. The third kappa shape index (κ3) is 3.51. The Kier molecular flexibility index (Phi) is 4.48. The highest BCUT2D eigenvalue weighted by molar-refractivity contribution is 7.09. The van der Waals surface area contributed by atoms with Gasteiger partial charge in [-0.05, 0) is 25.5 Å². The van der Waals surface area contributed by atoms with Crippen LogP contribution in [0.4, 0.5) is 0 Å². The highest BCUT2D eigenvalue weighted by atomic mass is 32.1. The van der Waals surface area contributed by atoms with Gasteiger partial charge in [-0.25, -0.2) is 9.97 Å². The molecule has 2 aromatic heterocycles. The molecular weight excluding hydrogens is 296 g/mol. The predicted molar refractivity (Wildman–Crippen MR) is 87.9 cm³/mol. The van der Waals surface area contributed by atoms with Crippen LogP contribution in [0.2, 0.25) is 0 Å². The summed E-state index contributed by atoms with van der Waals surface area (Å²) in [6.07, 6.45) is 3.53. The van der Waals surface area contributed by atoms with Crippen LogP contribution in [-0.4, -0.2) is 27.0 Å². The molecule has 0 aliphatic heterocycles. The monoisotopic (exact) mass is 314 g/mol. The average Bonchev–Trinajstić information content (AvgIpc) is 3.11. The summed E-state index contributed by atoms with van der Waals surface area (Å²) in [5.41, 5.74) is 2.96. The average molecular weight is 314 g/mol. The standard InChI is InChI=1S/C16H18N4OS/c1-12-10-22-16(19-12)7-4-8-17-15(21)9-20-11-18-13-5-2-3-6-14(13)20/h2-3,5-6,10-11H,4,7-9H2,1H3,(H,17,21). The highest BCUT2D eigenvalue weighted by Gasteiger charge is 2.06. The van der Waals surface area contributed by atoms with Crippen molar-refractivity contribution in [1.29, 1.82) is 0 Å². The molecular formula is C16H18N4OS. The smallest absolute Gasteiger partial charge is 0.239 e. The Balaban J connectivity index is 1.46. The lowest BCUT2D eigenvalue weighted by molar-refractivity contribution is -0.121. The van der Waals surface area contributed by atoms with E-state index < -0.39 is 0 Å². The summed E-state index contributed by atoms with van der Waals surface area (Å²) in [5, 5.41) is 6.14. The van der Waals surface area contributed by atoms with Crippen LogP contribution in [0.25, 0.3) is 11.0 Å². The maximum absolute atomic E-state index is 12.0. The van der Waals surface area contributed by atoms with E-state index in [-0.39, 0.29) is 5.91 Å². The van der Waals surface area contributed by atoms with Gasteiger partial charge in [-0.3, -0.25) is 4.79 Å². The van der Waals surface area contributed by atoms with Crippen molar-refractivity contribution < 1.29 is 4.79 Å². The van der Waals surface area contributed by atoms with Gasteiger partial charge < -0.3 is 9.88 Å². The predicted octanol–water partition coefficient (Wildman–Crippen LogP) is 2.55. The minimum atomic E-state index is 0.0125. The molecule has 22 heavy (non-hydrogen) atoms. The van der Waals surface area contributed by atoms with E-state index in [2.05, 4.69) is 20.7 Å². The van der Waals surface area contributed by atoms with Gasteiger partial charge in [-0.2, -0.15) is 0 Å². The molecule has 1 N–H and O–H groups in total. The van der Waals surface area contributed by atoms with Crippen LogP contribution in [0.1, 0.15) is 17.1 Å². The molecule has 6 heteroatoms. The van der Waals surface area contributed by atoms with Crippen molar-refractivity contribution in [1.82, 2.24) is 19.9 Å². The maximum atomic E-state index is 12.0. The molecule has 5 nitrogen and oxygen atoms in total. The number of carbonyl (C=O) groups is 1. The summed E-state index contributed by atoms with van der Waals surface area (Å²) in [6.45, 7) is 2.97. The number of hydrogen-bond donors (Lipinski definition) is 1. The summed E-state index contributed by atoms with van der Waals surface area (Å²) in [7, 11) is 0. The Bertz CT molecular complexity index is 777. The number of aromatic nitrogens is 3. The van der Waals surface area contributed by atoms with Crippen LogP contribution >= 0.6 is 11.3 Å². The zero-order valence-corrected chi connectivity index (χ0v) is 13.3. The van der Waals surface area contributed by atoms with Gasteiger partial charge in [0.25, 0.3) is 0 Å². The zero-order chi connectivity index (χ0) is 15.4. The SMILES string of the molecule is Cc1csc(CCCNC(=O)Cn2cnc3ccccc32)n1. The van der Waals surface area contributed by atoms with E-state index in [0.717, 1.165) is 34.6 Å². The van der Waals surface area contributed by atoms with Crippen LogP contribution in [0.3, 0.4) is 0 Å². The Morgan fingerprint density at radius 1 is 1.36 bits per heavy atom. The third-order valence-corrected chi connectivity index (χ3v) is 4.42. The number of para-hydroxylation sites is 2. The van der Waals surface area contributed by atoms with Crippen LogP contribution in [0.15, 0.2) is 36.0 Å². The van der Waals surface area contributed by atoms with Gasteiger partial charge in [0.05, 0.1) is 22.4 Å². The van der Waals surface area contributed by atoms with E-state index in [9.17, 15) is 4.79 Å². The summed E-state index contributed by atoms with van der Waals surface area (Å²) in [5.74, 6) is 0.0125. The highest BCUT2D eigenvalue weighted by Crippen LogP contribution is 2.12. The molecule has 0 aliphatic rings. The Hall–Kier alpha value is -2.21. The number of fused-ring (bicyclic) bond motifs is 1. The molecule has 114 valence electrons. The summed E-state index contributed by atoms with van der Waals surface area (Å²) < 4.78 is 1.87. The van der Waals surface area contributed by atoms with Crippen LogP contribution in [-0.2, 0) is 17.8 Å². The number of hydrogen-bond acceptors (Lipinski definition) is 4. The van der Waals surface area contributed by atoms with Crippen molar-refractivity contribution in [3.8, 4) is 0 Å². The molecule has 0 aliphatic carbocycles. The molecule has 2 heterocycles. The summed E-state index contributed by atoms with van der Waals surface area (Å²) in [4.78, 5) is 20.7. The van der Waals surface area contributed by atoms with Crippen molar-refractivity contribution in [3.63, 3.8) is 0 Å². The number of amides is 1. The van der Waals surface area contributed by atoms with Crippen molar-refractivity contribution in [2.24, 2.45) is 0 Å². The van der Waals surface area contributed by atoms with E-state index in [1.54, 1.807) is 17.7 Å². The number of benzene rings is 1.